The predicted molar refractivity (Wildman–Crippen MR) is 82.0 cm³/mol. The molecule has 0 aliphatic heterocycles. The van der Waals surface area contributed by atoms with Gasteiger partial charge in [-0.15, -0.1) is 0 Å². The van der Waals surface area contributed by atoms with Crippen LogP contribution < -0.4 is 4.31 Å². The Morgan fingerprint density at radius 2 is 1.82 bits per heavy atom. The second-order valence-electron chi connectivity index (χ2n) is 4.93. The fourth-order valence-electron chi connectivity index (χ4n) is 1.86. The molecule has 2 aromatic rings. The number of anilines is 1. The summed E-state index contributed by atoms with van der Waals surface area (Å²) in [6, 6.07) is 8.07. The van der Waals surface area contributed by atoms with Crippen LogP contribution in [0.2, 0.25) is 0 Å². The van der Waals surface area contributed by atoms with Crippen molar-refractivity contribution in [1.29, 1.82) is 0 Å². The number of carbonyl (C=O) groups excluding carboxylic acids is 1. The molecule has 0 unspecified atom stereocenters. The summed E-state index contributed by atoms with van der Waals surface area (Å²) in [5.74, 6) is -0.184. The zero-order chi connectivity index (χ0) is 16.3. The summed E-state index contributed by atoms with van der Waals surface area (Å²) in [5.41, 5.74) is 1.62. The van der Waals surface area contributed by atoms with Gasteiger partial charge in [-0.3, -0.25) is 9.10 Å². The van der Waals surface area contributed by atoms with Gasteiger partial charge in [-0.05, 0) is 24.3 Å². The quantitative estimate of drug-likeness (QED) is 0.829. The van der Waals surface area contributed by atoms with Crippen LogP contribution in [0.25, 0.3) is 0 Å². The van der Waals surface area contributed by atoms with Gasteiger partial charge >= 0.3 is 0 Å². The van der Waals surface area contributed by atoms with E-state index in [1.54, 1.807) is 37.4 Å². The third-order valence-corrected chi connectivity index (χ3v) is 4.42. The van der Waals surface area contributed by atoms with E-state index in [1.807, 2.05) is 0 Å². The Morgan fingerprint density at radius 3 is 2.32 bits per heavy atom. The molecule has 0 spiro atoms. The van der Waals surface area contributed by atoms with Crippen LogP contribution in [0.1, 0.15) is 16.1 Å². The molecule has 0 atom stereocenters. The van der Waals surface area contributed by atoms with Crippen molar-refractivity contribution in [2.24, 2.45) is 0 Å². The maximum Gasteiger partial charge on any atom is 0.253 e. The normalized spacial score (nSPS) is 11.2. The first-order valence-corrected chi connectivity index (χ1v) is 8.32. The van der Waals surface area contributed by atoms with E-state index in [-0.39, 0.29) is 5.91 Å². The molecular formula is C14H17N3O4S. The highest BCUT2D eigenvalue weighted by Crippen LogP contribution is 2.17. The molecule has 0 radical (unpaired) electrons. The van der Waals surface area contributed by atoms with Crippen molar-refractivity contribution in [3.05, 3.63) is 47.9 Å². The Balaban J connectivity index is 2.11. The molecule has 0 fully saturated rings. The molecule has 2 rings (SSSR count). The van der Waals surface area contributed by atoms with E-state index < -0.39 is 10.0 Å². The molecular weight excluding hydrogens is 306 g/mol. The SMILES string of the molecule is CN(Cc1ccon1)C(=O)c1ccc(N(C)S(C)(=O)=O)cc1. The number of nitrogens with zero attached hydrogens (tertiary/aromatic N) is 3. The molecule has 0 aliphatic rings. The third-order valence-electron chi connectivity index (χ3n) is 3.21. The van der Waals surface area contributed by atoms with E-state index in [0.717, 1.165) is 10.6 Å². The van der Waals surface area contributed by atoms with Crippen molar-refractivity contribution >= 4 is 21.6 Å². The average Bonchev–Trinajstić information content (AvgIpc) is 2.97. The molecule has 0 bridgehead atoms. The topological polar surface area (TPSA) is 83.7 Å². The standard InChI is InChI=1S/C14H17N3O4S/c1-16(10-12-8-9-21-15-12)14(18)11-4-6-13(7-5-11)17(2)22(3,19)20/h4-9H,10H2,1-3H3. The second-order valence-corrected chi connectivity index (χ2v) is 6.94. The summed E-state index contributed by atoms with van der Waals surface area (Å²) < 4.78 is 28.8. The van der Waals surface area contributed by atoms with Gasteiger partial charge in [0.1, 0.15) is 12.0 Å². The number of hydrogen-bond acceptors (Lipinski definition) is 5. The monoisotopic (exact) mass is 323 g/mol. The summed E-state index contributed by atoms with van der Waals surface area (Å²) in [7, 11) is -0.199. The number of rotatable bonds is 5. The summed E-state index contributed by atoms with van der Waals surface area (Å²) in [6.07, 6.45) is 2.57. The molecule has 22 heavy (non-hydrogen) atoms. The smallest absolute Gasteiger partial charge is 0.253 e. The fraction of sp³-hybridized carbons (Fsp3) is 0.286. The zero-order valence-electron chi connectivity index (χ0n) is 12.6. The highest BCUT2D eigenvalue weighted by Gasteiger charge is 2.15. The lowest BCUT2D eigenvalue weighted by molar-refractivity contribution is 0.0782. The van der Waals surface area contributed by atoms with Crippen LogP contribution in [0.5, 0.6) is 0 Å². The molecule has 0 saturated heterocycles. The number of carbonyl (C=O) groups is 1. The predicted octanol–water partition coefficient (Wildman–Crippen LogP) is 1.34. The molecule has 8 heteroatoms. The van der Waals surface area contributed by atoms with E-state index in [1.165, 1.54) is 18.2 Å². The molecule has 0 N–H and O–H groups in total. The lowest BCUT2D eigenvalue weighted by Gasteiger charge is -2.18. The van der Waals surface area contributed by atoms with Crippen molar-refractivity contribution in [3.63, 3.8) is 0 Å². The van der Waals surface area contributed by atoms with E-state index in [0.29, 0.717) is 23.5 Å². The fourth-order valence-corrected chi connectivity index (χ4v) is 2.36. The molecule has 1 aromatic carbocycles. The minimum atomic E-state index is -3.32. The van der Waals surface area contributed by atoms with E-state index in [2.05, 4.69) is 5.16 Å². The highest BCUT2D eigenvalue weighted by molar-refractivity contribution is 7.92. The lowest BCUT2D eigenvalue weighted by Crippen LogP contribution is -2.27. The van der Waals surface area contributed by atoms with Gasteiger partial charge in [0, 0.05) is 25.7 Å². The maximum atomic E-state index is 12.3. The number of amides is 1. The molecule has 1 aromatic heterocycles. The van der Waals surface area contributed by atoms with Crippen LogP contribution in [-0.2, 0) is 16.6 Å². The Hall–Kier alpha value is -2.35. The maximum absolute atomic E-state index is 12.3. The van der Waals surface area contributed by atoms with Gasteiger partial charge in [-0.25, -0.2) is 8.42 Å². The van der Waals surface area contributed by atoms with Crippen molar-refractivity contribution in [2.45, 2.75) is 6.54 Å². The lowest BCUT2D eigenvalue weighted by atomic mass is 10.2. The van der Waals surface area contributed by atoms with Crippen LogP contribution in [0.15, 0.2) is 41.1 Å². The number of benzene rings is 1. The molecule has 0 saturated carbocycles. The first-order valence-electron chi connectivity index (χ1n) is 6.47. The number of hydrogen-bond donors (Lipinski definition) is 0. The van der Waals surface area contributed by atoms with Gasteiger partial charge in [0.2, 0.25) is 10.0 Å². The van der Waals surface area contributed by atoms with E-state index in [4.69, 9.17) is 4.52 Å². The van der Waals surface area contributed by atoms with Gasteiger partial charge in [-0.2, -0.15) is 0 Å². The van der Waals surface area contributed by atoms with Crippen LogP contribution in [0.4, 0.5) is 5.69 Å². The van der Waals surface area contributed by atoms with Crippen molar-refractivity contribution < 1.29 is 17.7 Å². The van der Waals surface area contributed by atoms with Gasteiger partial charge in [0.05, 0.1) is 18.5 Å². The van der Waals surface area contributed by atoms with Crippen LogP contribution >= 0.6 is 0 Å². The largest absolute Gasteiger partial charge is 0.364 e. The van der Waals surface area contributed by atoms with Gasteiger partial charge in [0.25, 0.3) is 5.91 Å². The summed E-state index contributed by atoms with van der Waals surface area (Å²) in [6.45, 7) is 0.334. The molecule has 1 amide bonds. The summed E-state index contributed by atoms with van der Waals surface area (Å²) >= 11 is 0. The molecule has 118 valence electrons. The number of sulfonamides is 1. The molecule has 0 aliphatic carbocycles. The van der Waals surface area contributed by atoms with Crippen molar-refractivity contribution in [2.75, 3.05) is 24.7 Å². The number of aromatic nitrogens is 1. The zero-order valence-corrected chi connectivity index (χ0v) is 13.4. The highest BCUT2D eigenvalue weighted by atomic mass is 32.2. The molecule has 7 nitrogen and oxygen atoms in total. The molecule has 1 heterocycles. The van der Waals surface area contributed by atoms with Crippen LogP contribution in [0, 0.1) is 0 Å². The van der Waals surface area contributed by atoms with Gasteiger partial charge < -0.3 is 9.42 Å². The van der Waals surface area contributed by atoms with E-state index in [9.17, 15) is 13.2 Å². The van der Waals surface area contributed by atoms with Crippen LogP contribution in [-0.4, -0.2) is 44.7 Å². The minimum Gasteiger partial charge on any atom is -0.364 e. The first-order chi connectivity index (χ1) is 10.3. The second kappa shape index (κ2) is 6.18. The van der Waals surface area contributed by atoms with E-state index >= 15 is 0 Å². The first kappa shape index (κ1) is 16.0. The Bertz CT molecular complexity index is 739. The Kier molecular flexibility index (Phi) is 4.51. The Labute approximate surface area is 129 Å². The summed E-state index contributed by atoms with van der Waals surface area (Å²) in [5, 5.41) is 3.75. The minimum absolute atomic E-state index is 0.184. The summed E-state index contributed by atoms with van der Waals surface area (Å²) in [4.78, 5) is 13.8. The van der Waals surface area contributed by atoms with Crippen LogP contribution in [0.3, 0.4) is 0 Å². The van der Waals surface area contributed by atoms with Crippen molar-refractivity contribution in [3.8, 4) is 0 Å². The third kappa shape index (κ3) is 3.64. The van der Waals surface area contributed by atoms with Gasteiger partial charge in [0.15, 0.2) is 0 Å². The van der Waals surface area contributed by atoms with Gasteiger partial charge in [-0.1, -0.05) is 5.16 Å². The average molecular weight is 323 g/mol. The van der Waals surface area contributed by atoms with Crippen molar-refractivity contribution in [1.82, 2.24) is 10.1 Å². The Morgan fingerprint density at radius 1 is 1.18 bits per heavy atom.